The summed E-state index contributed by atoms with van der Waals surface area (Å²) in [5, 5.41) is 10.4. The van der Waals surface area contributed by atoms with E-state index in [-0.39, 0.29) is 12.7 Å². The fourth-order valence-electron chi connectivity index (χ4n) is 2.85. The molecule has 1 aliphatic heterocycles. The van der Waals surface area contributed by atoms with Crippen LogP contribution in [0.2, 0.25) is 0 Å². The van der Waals surface area contributed by atoms with Crippen LogP contribution in [0.5, 0.6) is 11.5 Å². The van der Waals surface area contributed by atoms with Gasteiger partial charge in [-0.15, -0.1) is 0 Å². The number of hydrogen-bond acceptors (Lipinski definition) is 3. The summed E-state index contributed by atoms with van der Waals surface area (Å²) in [4.78, 5) is 0. The van der Waals surface area contributed by atoms with Gasteiger partial charge in [-0.3, -0.25) is 0 Å². The molecule has 0 saturated heterocycles. The molecule has 22 heavy (non-hydrogen) atoms. The van der Waals surface area contributed by atoms with Crippen LogP contribution in [0.15, 0.2) is 12.1 Å². The van der Waals surface area contributed by atoms with Crippen LogP contribution in [-0.4, -0.2) is 29.8 Å². The number of aryl methyl sites for hydroxylation is 1. The lowest BCUT2D eigenvalue weighted by atomic mass is 9.96. The van der Waals surface area contributed by atoms with Crippen LogP contribution >= 0.6 is 15.9 Å². The van der Waals surface area contributed by atoms with Gasteiger partial charge in [0.25, 0.3) is 0 Å². The highest BCUT2D eigenvalue weighted by molar-refractivity contribution is 9.09. The number of benzene rings is 1. The van der Waals surface area contributed by atoms with E-state index < -0.39 is 0 Å². The molecule has 1 N–H and O–H groups in total. The average Bonchev–Trinajstić information content (AvgIpc) is 2.56. The summed E-state index contributed by atoms with van der Waals surface area (Å²) in [5.74, 6) is 1.92. The Bertz CT molecular complexity index is 462. The second-order valence-electron chi connectivity index (χ2n) is 5.84. The zero-order chi connectivity index (χ0) is 15.8. The minimum atomic E-state index is -0.0720. The first kappa shape index (κ1) is 17.6. The molecule has 1 aromatic rings. The number of rotatable bonds is 9. The molecule has 0 fully saturated rings. The molecule has 0 spiro atoms. The standard InChI is InChI=1S/C18H27BrO3/c1-2-6-16-17(21-12-5-3-4-11-19)10-8-14-7-9-15(13-20)22-18(14)16/h8,10,15,20H,2-7,9,11-13H2,1H3. The predicted octanol–water partition coefficient (Wildman–Crippen LogP) is 4.27. The molecular weight excluding hydrogens is 344 g/mol. The normalized spacial score (nSPS) is 17.0. The van der Waals surface area contributed by atoms with E-state index in [1.807, 2.05) is 0 Å². The Morgan fingerprint density at radius 2 is 2.18 bits per heavy atom. The fraction of sp³-hybridized carbons (Fsp3) is 0.667. The Labute approximate surface area is 142 Å². The van der Waals surface area contributed by atoms with Gasteiger partial charge in [0.2, 0.25) is 0 Å². The van der Waals surface area contributed by atoms with E-state index in [0.717, 1.165) is 55.5 Å². The highest BCUT2D eigenvalue weighted by atomic mass is 79.9. The lowest BCUT2D eigenvalue weighted by Crippen LogP contribution is -2.27. The van der Waals surface area contributed by atoms with Crippen molar-refractivity contribution in [3.8, 4) is 11.5 Å². The summed E-state index contributed by atoms with van der Waals surface area (Å²) in [5.41, 5.74) is 2.43. The van der Waals surface area contributed by atoms with Gasteiger partial charge >= 0.3 is 0 Å². The Balaban J connectivity index is 2.09. The second kappa shape index (κ2) is 9.41. The van der Waals surface area contributed by atoms with Crippen molar-refractivity contribution < 1.29 is 14.6 Å². The molecule has 0 saturated carbocycles. The first-order valence-electron chi connectivity index (χ1n) is 8.41. The van der Waals surface area contributed by atoms with Gasteiger partial charge in [-0.05, 0) is 50.2 Å². The fourth-order valence-corrected chi connectivity index (χ4v) is 3.25. The smallest absolute Gasteiger partial charge is 0.129 e. The van der Waals surface area contributed by atoms with E-state index >= 15 is 0 Å². The van der Waals surface area contributed by atoms with Gasteiger partial charge < -0.3 is 14.6 Å². The lowest BCUT2D eigenvalue weighted by molar-refractivity contribution is 0.0962. The monoisotopic (exact) mass is 370 g/mol. The number of unbranched alkanes of at least 4 members (excludes halogenated alkanes) is 2. The number of alkyl halides is 1. The van der Waals surface area contributed by atoms with Crippen LogP contribution in [-0.2, 0) is 12.8 Å². The molecule has 1 unspecified atom stereocenters. The zero-order valence-electron chi connectivity index (χ0n) is 13.4. The summed E-state index contributed by atoms with van der Waals surface area (Å²) in [6, 6.07) is 4.22. The topological polar surface area (TPSA) is 38.7 Å². The summed E-state index contributed by atoms with van der Waals surface area (Å²) in [6.45, 7) is 3.01. The maximum absolute atomic E-state index is 9.37. The van der Waals surface area contributed by atoms with E-state index in [4.69, 9.17) is 9.47 Å². The van der Waals surface area contributed by atoms with Gasteiger partial charge in [-0.25, -0.2) is 0 Å². The van der Waals surface area contributed by atoms with Gasteiger partial charge in [-0.1, -0.05) is 35.3 Å². The number of halogens is 1. The van der Waals surface area contributed by atoms with Crippen LogP contribution in [0.4, 0.5) is 0 Å². The summed E-state index contributed by atoms with van der Waals surface area (Å²) >= 11 is 3.45. The number of aliphatic hydroxyl groups excluding tert-OH is 1. The molecular formula is C18H27BrO3. The molecule has 0 aliphatic carbocycles. The highest BCUT2D eigenvalue weighted by Gasteiger charge is 2.23. The number of ether oxygens (including phenoxy) is 2. The summed E-state index contributed by atoms with van der Waals surface area (Å²) in [6.07, 6.45) is 7.26. The Morgan fingerprint density at radius 1 is 1.32 bits per heavy atom. The average molecular weight is 371 g/mol. The predicted molar refractivity (Wildman–Crippen MR) is 93.4 cm³/mol. The second-order valence-corrected chi connectivity index (χ2v) is 6.63. The number of hydrogen-bond donors (Lipinski definition) is 1. The minimum absolute atomic E-state index is 0.0720. The van der Waals surface area contributed by atoms with Crippen LogP contribution in [0.1, 0.15) is 50.2 Å². The van der Waals surface area contributed by atoms with Crippen LogP contribution in [0.3, 0.4) is 0 Å². The van der Waals surface area contributed by atoms with E-state index in [2.05, 4.69) is 35.0 Å². The van der Waals surface area contributed by atoms with Crippen LogP contribution in [0, 0.1) is 0 Å². The maximum Gasteiger partial charge on any atom is 0.129 e. The van der Waals surface area contributed by atoms with Gasteiger partial charge in [0.15, 0.2) is 0 Å². The number of fused-ring (bicyclic) bond motifs is 1. The molecule has 4 heteroatoms. The van der Waals surface area contributed by atoms with Gasteiger partial charge in [0.05, 0.1) is 13.2 Å². The molecule has 0 aromatic heterocycles. The van der Waals surface area contributed by atoms with Gasteiger partial charge in [0, 0.05) is 10.9 Å². The Kier molecular flexibility index (Phi) is 7.53. The van der Waals surface area contributed by atoms with Crippen LogP contribution in [0.25, 0.3) is 0 Å². The third-order valence-corrected chi connectivity index (χ3v) is 4.62. The molecule has 0 bridgehead atoms. The molecule has 1 heterocycles. The van der Waals surface area contributed by atoms with E-state index in [9.17, 15) is 5.11 Å². The first-order valence-corrected chi connectivity index (χ1v) is 9.53. The van der Waals surface area contributed by atoms with E-state index in [1.54, 1.807) is 0 Å². The molecule has 3 nitrogen and oxygen atoms in total. The summed E-state index contributed by atoms with van der Waals surface area (Å²) in [7, 11) is 0. The first-order chi connectivity index (χ1) is 10.8. The highest BCUT2D eigenvalue weighted by Crippen LogP contribution is 2.38. The zero-order valence-corrected chi connectivity index (χ0v) is 15.0. The van der Waals surface area contributed by atoms with Crippen molar-refractivity contribution in [2.24, 2.45) is 0 Å². The van der Waals surface area contributed by atoms with Crippen molar-refractivity contribution in [2.75, 3.05) is 18.5 Å². The quantitative estimate of drug-likeness (QED) is 0.521. The minimum Gasteiger partial charge on any atom is -0.493 e. The SMILES string of the molecule is CCCc1c(OCCCCCBr)ccc2c1OC(CO)CC2. The van der Waals surface area contributed by atoms with E-state index in [0.29, 0.717) is 0 Å². The molecule has 1 aromatic carbocycles. The maximum atomic E-state index is 9.37. The van der Waals surface area contributed by atoms with Gasteiger partial charge in [-0.2, -0.15) is 0 Å². The lowest BCUT2D eigenvalue weighted by Gasteiger charge is -2.28. The van der Waals surface area contributed by atoms with Crippen molar-refractivity contribution in [1.82, 2.24) is 0 Å². The Morgan fingerprint density at radius 3 is 2.91 bits per heavy atom. The number of aliphatic hydroxyl groups is 1. The van der Waals surface area contributed by atoms with Crippen molar-refractivity contribution in [3.63, 3.8) is 0 Å². The van der Waals surface area contributed by atoms with E-state index in [1.165, 1.54) is 24.0 Å². The van der Waals surface area contributed by atoms with Gasteiger partial charge in [0.1, 0.15) is 17.6 Å². The third kappa shape index (κ3) is 4.63. The molecule has 1 aliphatic rings. The third-order valence-electron chi connectivity index (χ3n) is 4.06. The molecule has 1 atom stereocenters. The van der Waals surface area contributed by atoms with Crippen LogP contribution < -0.4 is 9.47 Å². The molecule has 0 amide bonds. The van der Waals surface area contributed by atoms with Crippen molar-refractivity contribution in [3.05, 3.63) is 23.3 Å². The molecule has 124 valence electrons. The Hall–Kier alpha value is -0.740. The molecule has 2 rings (SSSR count). The molecule has 0 radical (unpaired) electrons. The van der Waals surface area contributed by atoms with Crippen molar-refractivity contribution >= 4 is 15.9 Å². The summed E-state index contributed by atoms with van der Waals surface area (Å²) < 4.78 is 12.0. The largest absolute Gasteiger partial charge is 0.493 e. The van der Waals surface area contributed by atoms with Crippen molar-refractivity contribution in [1.29, 1.82) is 0 Å². The van der Waals surface area contributed by atoms with Crippen molar-refractivity contribution in [2.45, 2.75) is 58.0 Å².